The zero-order chi connectivity index (χ0) is 22.0. The molecule has 1 fully saturated rings. The van der Waals surface area contributed by atoms with Gasteiger partial charge >= 0.3 is 0 Å². The Balaban J connectivity index is 1.59. The number of benzene rings is 2. The summed E-state index contributed by atoms with van der Waals surface area (Å²) in [6.45, 7) is 9.37. The summed E-state index contributed by atoms with van der Waals surface area (Å²) in [4.78, 5) is 20.1. The van der Waals surface area contributed by atoms with Gasteiger partial charge < -0.3 is 9.64 Å². The molecule has 4 atom stereocenters. The first-order valence-electron chi connectivity index (χ1n) is 11.8. The normalized spacial score (nSPS) is 31.2. The maximum atomic E-state index is 12.7. The summed E-state index contributed by atoms with van der Waals surface area (Å²) in [5, 5.41) is 1.22. The molecule has 4 heteroatoms. The van der Waals surface area contributed by atoms with Gasteiger partial charge in [0.2, 0.25) is 5.91 Å². The lowest BCUT2D eigenvalue weighted by Gasteiger charge is -2.64. The maximum Gasteiger partial charge on any atom is 0.219 e. The van der Waals surface area contributed by atoms with Gasteiger partial charge in [-0.2, -0.15) is 0 Å². The third kappa shape index (κ3) is 1.88. The molecule has 2 aliphatic heterocycles. The van der Waals surface area contributed by atoms with E-state index in [0.29, 0.717) is 0 Å². The molecule has 1 spiro atoms. The Hall–Kier alpha value is -2.88. The van der Waals surface area contributed by atoms with Crippen molar-refractivity contribution in [2.75, 3.05) is 6.54 Å². The fraction of sp³-hybridized carbons (Fsp3) is 0.429. The van der Waals surface area contributed by atoms with Crippen LogP contribution in [-0.2, 0) is 23.1 Å². The van der Waals surface area contributed by atoms with E-state index in [1.807, 2.05) is 0 Å². The summed E-state index contributed by atoms with van der Waals surface area (Å²) in [7, 11) is 0. The Morgan fingerprint density at radius 2 is 2.00 bits per heavy atom. The first-order chi connectivity index (χ1) is 15.4. The average Bonchev–Trinajstić information content (AvgIpc) is 3.12. The van der Waals surface area contributed by atoms with Crippen molar-refractivity contribution in [1.82, 2.24) is 9.88 Å². The summed E-state index contributed by atoms with van der Waals surface area (Å²) < 4.78 is 6.93. The van der Waals surface area contributed by atoms with Crippen molar-refractivity contribution in [2.45, 2.75) is 64.5 Å². The molecule has 0 N–H and O–H groups in total. The maximum absolute atomic E-state index is 12.7. The second-order valence-corrected chi connectivity index (χ2v) is 10.6. The van der Waals surface area contributed by atoms with Crippen molar-refractivity contribution in [3.8, 4) is 5.75 Å². The predicted octanol–water partition coefficient (Wildman–Crippen LogP) is 4.96. The summed E-state index contributed by atoms with van der Waals surface area (Å²) in [6.07, 6.45) is 2.69. The van der Waals surface area contributed by atoms with E-state index < -0.39 is 0 Å². The first kappa shape index (κ1) is 18.7. The molecule has 7 rings (SSSR count). The van der Waals surface area contributed by atoms with E-state index in [1.165, 1.54) is 33.2 Å². The summed E-state index contributed by atoms with van der Waals surface area (Å²) >= 11 is 0. The van der Waals surface area contributed by atoms with Crippen molar-refractivity contribution >= 4 is 16.8 Å². The van der Waals surface area contributed by atoms with Gasteiger partial charge in [-0.05, 0) is 61.4 Å². The number of hydrogen-bond donors (Lipinski definition) is 0. The van der Waals surface area contributed by atoms with Crippen LogP contribution in [-0.4, -0.2) is 28.4 Å². The minimum Gasteiger partial charge on any atom is -0.483 e. The number of carbonyl (C=O) groups excluding carboxylic acids is 1. The number of hydrogen-bond acceptors (Lipinski definition) is 3. The number of nitrogens with zero attached hydrogens (tertiary/aromatic N) is 2. The third-order valence-electron chi connectivity index (χ3n) is 9.37. The smallest absolute Gasteiger partial charge is 0.219 e. The zero-order valence-electron chi connectivity index (χ0n) is 19.2. The van der Waals surface area contributed by atoms with Gasteiger partial charge in [-0.3, -0.25) is 4.79 Å². The molecule has 2 aromatic carbocycles. The SMILES string of the molecule is CC(=O)N1CC[C@]23c4c5ccc(C)c4O[C@H]2c2nc4ccccc4c(C)c2C[C@@]3(C)[C@@H]1C5. The van der Waals surface area contributed by atoms with E-state index in [0.717, 1.165) is 42.8 Å². The Morgan fingerprint density at radius 1 is 1.19 bits per heavy atom. The van der Waals surface area contributed by atoms with Gasteiger partial charge in [-0.25, -0.2) is 4.98 Å². The second kappa shape index (κ2) is 5.72. The molecule has 2 bridgehead atoms. The molecule has 4 aliphatic rings. The monoisotopic (exact) mass is 424 g/mol. The van der Waals surface area contributed by atoms with Crippen molar-refractivity contribution in [2.24, 2.45) is 5.41 Å². The van der Waals surface area contributed by atoms with Crippen LogP contribution in [0.1, 0.15) is 59.9 Å². The molecule has 1 aromatic heterocycles. The van der Waals surface area contributed by atoms with Crippen molar-refractivity contribution < 1.29 is 9.53 Å². The van der Waals surface area contributed by atoms with Crippen LogP contribution in [0.25, 0.3) is 10.9 Å². The number of piperidine rings is 1. The number of carbonyl (C=O) groups is 1. The molecule has 162 valence electrons. The highest BCUT2D eigenvalue weighted by Crippen LogP contribution is 2.71. The summed E-state index contributed by atoms with van der Waals surface area (Å²) in [5.41, 5.74) is 8.59. The van der Waals surface area contributed by atoms with E-state index in [9.17, 15) is 4.79 Å². The van der Waals surface area contributed by atoms with Gasteiger partial charge in [0.25, 0.3) is 0 Å². The van der Waals surface area contributed by atoms with E-state index in [-0.39, 0.29) is 28.9 Å². The van der Waals surface area contributed by atoms with E-state index in [4.69, 9.17) is 9.72 Å². The lowest BCUT2D eigenvalue weighted by molar-refractivity contribution is -0.149. The number of aryl methyl sites for hydroxylation is 2. The second-order valence-electron chi connectivity index (χ2n) is 10.6. The minimum atomic E-state index is -0.131. The third-order valence-corrected chi connectivity index (χ3v) is 9.37. The van der Waals surface area contributed by atoms with Gasteiger partial charge in [-0.15, -0.1) is 0 Å². The number of ether oxygens (including phenoxy) is 1. The summed E-state index contributed by atoms with van der Waals surface area (Å²) in [6, 6.07) is 13.1. The fourth-order valence-electron chi connectivity index (χ4n) is 7.84. The zero-order valence-corrected chi connectivity index (χ0v) is 19.2. The molecule has 1 amide bonds. The van der Waals surface area contributed by atoms with E-state index in [1.54, 1.807) is 6.92 Å². The van der Waals surface area contributed by atoms with E-state index in [2.05, 4.69) is 62.1 Å². The molecule has 0 saturated carbocycles. The lowest BCUT2D eigenvalue weighted by atomic mass is 9.44. The molecule has 0 radical (unpaired) electrons. The molecular formula is C28H28N2O2. The Morgan fingerprint density at radius 3 is 2.81 bits per heavy atom. The lowest BCUT2D eigenvalue weighted by Crippen LogP contribution is -2.69. The van der Waals surface area contributed by atoms with Crippen molar-refractivity contribution in [1.29, 1.82) is 0 Å². The number of pyridine rings is 1. The molecule has 0 unspecified atom stereocenters. The van der Waals surface area contributed by atoms with Gasteiger partial charge in [-0.1, -0.05) is 37.3 Å². The Kier molecular flexibility index (Phi) is 3.34. The van der Waals surface area contributed by atoms with Crippen LogP contribution >= 0.6 is 0 Å². The van der Waals surface area contributed by atoms with Gasteiger partial charge in [0.15, 0.2) is 6.10 Å². The Labute approximate surface area is 188 Å². The van der Waals surface area contributed by atoms with Crippen LogP contribution in [0.4, 0.5) is 0 Å². The molecule has 3 heterocycles. The van der Waals surface area contributed by atoms with Crippen LogP contribution < -0.4 is 4.74 Å². The number of rotatable bonds is 0. The van der Waals surface area contributed by atoms with Crippen LogP contribution in [0, 0.1) is 19.3 Å². The first-order valence-corrected chi connectivity index (χ1v) is 11.8. The predicted molar refractivity (Wildman–Crippen MR) is 124 cm³/mol. The van der Waals surface area contributed by atoms with E-state index >= 15 is 0 Å². The standard InChI is InChI=1S/C28H28N2O2/c1-15-9-10-18-13-22-27(4)14-20-16(2)19-7-5-6-8-21(19)29-24(20)26-28(27,23(18)25(15)32-26)11-12-30(22)17(3)31/h5-10,22,26H,11-14H2,1-4H3/t22-,26-,27-,28-/m0/s1. The molecule has 2 aliphatic carbocycles. The topological polar surface area (TPSA) is 42.4 Å². The van der Waals surface area contributed by atoms with Crippen LogP contribution in [0.15, 0.2) is 36.4 Å². The highest BCUT2D eigenvalue weighted by atomic mass is 16.5. The molecule has 32 heavy (non-hydrogen) atoms. The average molecular weight is 425 g/mol. The highest BCUT2D eigenvalue weighted by molar-refractivity contribution is 5.84. The van der Waals surface area contributed by atoms with Gasteiger partial charge in [0.1, 0.15) is 5.75 Å². The number of likely N-dealkylation sites (tertiary alicyclic amines) is 1. The van der Waals surface area contributed by atoms with Crippen molar-refractivity contribution in [3.63, 3.8) is 0 Å². The number of para-hydroxylation sites is 1. The van der Waals surface area contributed by atoms with Crippen LogP contribution in [0.5, 0.6) is 5.75 Å². The number of fused-ring (bicyclic) bond motifs is 3. The highest BCUT2D eigenvalue weighted by Gasteiger charge is 2.71. The fourth-order valence-corrected chi connectivity index (χ4v) is 7.84. The Bertz CT molecular complexity index is 1360. The minimum absolute atomic E-state index is 0.0878. The van der Waals surface area contributed by atoms with Crippen LogP contribution in [0.2, 0.25) is 0 Å². The molecule has 3 aromatic rings. The number of aromatic nitrogens is 1. The molecule has 1 saturated heterocycles. The van der Waals surface area contributed by atoms with Crippen molar-refractivity contribution in [3.05, 3.63) is 69.9 Å². The van der Waals surface area contributed by atoms with Gasteiger partial charge in [0, 0.05) is 35.9 Å². The summed E-state index contributed by atoms with van der Waals surface area (Å²) in [5.74, 6) is 1.27. The number of amides is 1. The molecule has 4 nitrogen and oxygen atoms in total. The van der Waals surface area contributed by atoms with Crippen LogP contribution in [0.3, 0.4) is 0 Å². The van der Waals surface area contributed by atoms with Gasteiger partial charge in [0.05, 0.1) is 16.6 Å². The quantitative estimate of drug-likeness (QED) is 0.512. The largest absolute Gasteiger partial charge is 0.483 e. The molecular weight excluding hydrogens is 396 g/mol.